The molecule has 1 aromatic heterocycles. The van der Waals surface area contributed by atoms with Crippen LogP contribution in [0.15, 0.2) is 66.3 Å². The molecule has 7 nitrogen and oxygen atoms in total. The van der Waals surface area contributed by atoms with Crippen LogP contribution in [0.2, 0.25) is 0 Å². The molecule has 1 atom stereocenters. The molecule has 0 bridgehead atoms. The number of aromatic nitrogens is 3. The van der Waals surface area contributed by atoms with Crippen molar-refractivity contribution in [3.05, 3.63) is 66.7 Å². The lowest BCUT2D eigenvalue weighted by Crippen LogP contribution is -2.23. The number of hydrogen-bond acceptors (Lipinski definition) is 6. The third-order valence-corrected chi connectivity index (χ3v) is 5.41. The Bertz CT molecular complexity index is 1100. The molecule has 0 spiro atoms. The summed E-state index contributed by atoms with van der Waals surface area (Å²) in [5.41, 5.74) is 1.71. The predicted molar refractivity (Wildman–Crippen MR) is 117 cm³/mol. The van der Waals surface area contributed by atoms with Gasteiger partial charge in [-0.25, -0.2) is 0 Å². The summed E-state index contributed by atoms with van der Waals surface area (Å²) < 4.78 is 7.34. The molecule has 30 heavy (non-hydrogen) atoms. The molecule has 8 heteroatoms. The summed E-state index contributed by atoms with van der Waals surface area (Å²) in [4.78, 5) is 12.7. The Morgan fingerprint density at radius 3 is 2.77 bits per heavy atom. The Morgan fingerprint density at radius 2 is 2.03 bits per heavy atom. The van der Waals surface area contributed by atoms with E-state index in [1.165, 1.54) is 11.8 Å². The van der Waals surface area contributed by atoms with Crippen LogP contribution in [0.1, 0.15) is 12.5 Å². The molecule has 3 aromatic rings. The largest absolute Gasteiger partial charge is 0.496 e. The quantitative estimate of drug-likeness (QED) is 0.436. The van der Waals surface area contributed by atoms with Crippen molar-refractivity contribution in [1.29, 1.82) is 5.26 Å². The zero-order valence-electron chi connectivity index (χ0n) is 16.7. The Balaban J connectivity index is 1.84. The average Bonchev–Trinajstić information content (AvgIpc) is 3.16. The average molecular weight is 420 g/mol. The number of amides is 1. The van der Waals surface area contributed by atoms with Crippen LogP contribution in [-0.4, -0.2) is 33.0 Å². The smallest absolute Gasteiger partial charge is 0.237 e. The van der Waals surface area contributed by atoms with E-state index in [1.807, 2.05) is 28.8 Å². The fourth-order valence-corrected chi connectivity index (χ4v) is 3.69. The Hall–Kier alpha value is -3.57. The number of para-hydroxylation sites is 2. The van der Waals surface area contributed by atoms with E-state index in [4.69, 9.17) is 4.74 Å². The molecule has 1 heterocycles. The SMILES string of the molecule is C=CCn1c(S[C@@H](C)C(=O)Nc2ccccc2C#N)nnc1-c1ccccc1OC. The second kappa shape index (κ2) is 9.76. The lowest BCUT2D eigenvalue weighted by molar-refractivity contribution is -0.115. The number of nitrogens with zero attached hydrogens (tertiary/aromatic N) is 4. The second-order valence-electron chi connectivity index (χ2n) is 6.31. The van der Waals surface area contributed by atoms with Crippen LogP contribution in [0.5, 0.6) is 5.75 Å². The molecule has 0 aliphatic carbocycles. The van der Waals surface area contributed by atoms with Gasteiger partial charge in [-0.3, -0.25) is 9.36 Å². The molecule has 2 aromatic carbocycles. The maximum atomic E-state index is 12.7. The monoisotopic (exact) mass is 419 g/mol. The first-order chi connectivity index (χ1) is 14.6. The third kappa shape index (κ3) is 4.53. The molecule has 0 fully saturated rings. The number of ether oxygens (including phenoxy) is 1. The number of nitrogens with one attached hydrogen (secondary N) is 1. The summed E-state index contributed by atoms with van der Waals surface area (Å²) in [6.07, 6.45) is 1.75. The third-order valence-electron chi connectivity index (χ3n) is 4.33. The maximum absolute atomic E-state index is 12.7. The molecule has 0 unspecified atom stereocenters. The highest BCUT2D eigenvalue weighted by atomic mass is 32.2. The van der Waals surface area contributed by atoms with Crippen LogP contribution in [-0.2, 0) is 11.3 Å². The summed E-state index contributed by atoms with van der Waals surface area (Å²) in [6.45, 7) is 6.08. The van der Waals surface area contributed by atoms with Crippen molar-refractivity contribution in [1.82, 2.24) is 14.8 Å². The van der Waals surface area contributed by atoms with Crippen LogP contribution in [0, 0.1) is 11.3 Å². The van der Waals surface area contributed by atoms with E-state index in [2.05, 4.69) is 28.2 Å². The van der Waals surface area contributed by atoms with Crippen molar-refractivity contribution < 1.29 is 9.53 Å². The van der Waals surface area contributed by atoms with E-state index in [1.54, 1.807) is 44.4 Å². The molecule has 1 amide bonds. The molecule has 0 saturated heterocycles. The van der Waals surface area contributed by atoms with E-state index in [9.17, 15) is 10.1 Å². The van der Waals surface area contributed by atoms with E-state index in [0.717, 1.165) is 5.56 Å². The molecular weight excluding hydrogens is 398 g/mol. The van der Waals surface area contributed by atoms with E-state index in [-0.39, 0.29) is 5.91 Å². The number of thioether (sulfide) groups is 1. The highest BCUT2D eigenvalue weighted by molar-refractivity contribution is 8.00. The molecule has 152 valence electrons. The van der Waals surface area contributed by atoms with Gasteiger partial charge >= 0.3 is 0 Å². The normalized spacial score (nSPS) is 11.4. The molecular formula is C22H21N5O2S. The minimum Gasteiger partial charge on any atom is -0.496 e. The Labute approximate surface area is 179 Å². The Kier molecular flexibility index (Phi) is 6.88. The predicted octanol–water partition coefficient (Wildman–Crippen LogP) is 4.13. The summed E-state index contributed by atoms with van der Waals surface area (Å²) >= 11 is 1.29. The van der Waals surface area contributed by atoms with Crippen LogP contribution in [0.4, 0.5) is 5.69 Å². The maximum Gasteiger partial charge on any atom is 0.237 e. The topological polar surface area (TPSA) is 92.8 Å². The van der Waals surface area contributed by atoms with Crippen molar-refractivity contribution >= 4 is 23.4 Å². The van der Waals surface area contributed by atoms with E-state index < -0.39 is 5.25 Å². The van der Waals surface area contributed by atoms with Gasteiger partial charge < -0.3 is 10.1 Å². The van der Waals surface area contributed by atoms with Crippen LogP contribution >= 0.6 is 11.8 Å². The molecule has 3 rings (SSSR count). The van der Waals surface area contributed by atoms with E-state index >= 15 is 0 Å². The summed E-state index contributed by atoms with van der Waals surface area (Å²) in [5, 5.41) is 20.8. The second-order valence-corrected chi connectivity index (χ2v) is 7.62. The fourth-order valence-electron chi connectivity index (χ4n) is 2.83. The first kappa shape index (κ1) is 21.1. The van der Waals surface area contributed by atoms with Gasteiger partial charge in [0.15, 0.2) is 11.0 Å². The first-order valence-corrected chi connectivity index (χ1v) is 10.1. The number of methoxy groups -OCH3 is 1. The molecule has 1 N–H and O–H groups in total. The van der Waals surface area contributed by atoms with Gasteiger partial charge in [-0.15, -0.1) is 16.8 Å². The van der Waals surface area contributed by atoms with Gasteiger partial charge in [-0.2, -0.15) is 5.26 Å². The highest BCUT2D eigenvalue weighted by Gasteiger charge is 2.22. The van der Waals surface area contributed by atoms with Gasteiger partial charge in [0.2, 0.25) is 5.91 Å². The molecule has 0 saturated carbocycles. The van der Waals surface area contributed by atoms with Gasteiger partial charge in [0, 0.05) is 6.54 Å². The van der Waals surface area contributed by atoms with Crippen molar-refractivity contribution in [2.45, 2.75) is 23.9 Å². The van der Waals surface area contributed by atoms with Crippen molar-refractivity contribution in [3.8, 4) is 23.2 Å². The summed E-state index contributed by atoms with van der Waals surface area (Å²) in [6, 6.07) is 16.5. The van der Waals surface area contributed by atoms with Gasteiger partial charge in [0.25, 0.3) is 0 Å². The number of allylic oxidation sites excluding steroid dienone is 1. The molecule has 0 radical (unpaired) electrons. The van der Waals surface area contributed by atoms with Crippen molar-refractivity contribution in [3.63, 3.8) is 0 Å². The lowest BCUT2D eigenvalue weighted by Gasteiger charge is -2.14. The van der Waals surface area contributed by atoms with Crippen LogP contribution in [0.3, 0.4) is 0 Å². The Morgan fingerprint density at radius 1 is 1.30 bits per heavy atom. The summed E-state index contributed by atoms with van der Waals surface area (Å²) in [7, 11) is 1.61. The van der Waals surface area contributed by atoms with Gasteiger partial charge in [0.1, 0.15) is 11.8 Å². The van der Waals surface area contributed by atoms with E-state index in [0.29, 0.717) is 34.5 Å². The number of benzene rings is 2. The standard InChI is InChI=1S/C22H21N5O2S/c1-4-13-27-20(17-10-6-8-12-19(17)29-3)25-26-22(27)30-15(2)21(28)24-18-11-7-5-9-16(18)14-23/h4-12,15H,1,13H2,2-3H3,(H,24,28)/t15-/m0/s1. The van der Waals surface area contributed by atoms with Crippen LogP contribution < -0.4 is 10.1 Å². The highest BCUT2D eigenvalue weighted by Crippen LogP contribution is 2.32. The number of anilines is 1. The fraction of sp³-hybridized carbons (Fsp3) is 0.182. The zero-order valence-corrected chi connectivity index (χ0v) is 17.5. The first-order valence-electron chi connectivity index (χ1n) is 9.23. The minimum atomic E-state index is -0.463. The summed E-state index contributed by atoms with van der Waals surface area (Å²) in [5.74, 6) is 1.10. The van der Waals surface area contributed by atoms with Crippen molar-refractivity contribution in [2.75, 3.05) is 12.4 Å². The van der Waals surface area contributed by atoms with Crippen molar-refractivity contribution in [2.24, 2.45) is 0 Å². The number of nitriles is 1. The van der Waals surface area contributed by atoms with Gasteiger partial charge in [0.05, 0.1) is 29.2 Å². The van der Waals surface area contributed by atoms with Gasteiger partial charge in [-0.05, 0) is 31.2 Å². The number of rotatable bonds is 8. The lowest BCUT2D eigenvalue weighted by atomic mass is 10.2. The zero-order chi connectivity index (χ0) is 21.5. The number of carbonyl (C=O) groups excluding carboxylic acids is 1. The number of hydrogen-bond donors (Lipinski definition) is 1. The number of carbonyl (C=O) groups is 1. The molecule has 0 aliphatic rings. The van der Waals surface area contributed by atoms with Gasteiger partial charge in [-0.1, -0.05) is 42.1 Å². The minimum absolute atomic E-state index is 0.227. The molecule has 0 aliphatic heterocycles. The van der Waals surface area contributed by atoms with Crippen LogP contribution in [0.25, 0.3) is 11.4 Å².